The van der Waals surface area contributed by atoms with Gasteiger partial charge in [-0.1, -0.05) is 284 Å². The van der Waals surface area contributed by atoms with Crippen molar-refractivity contribution in [1.29, 1.82) is 0 Å². The van der Waals surface area contributed by atoms with Crippen LogP contribution < -0.4 is 0 Å². The van der Waals surface area contributed by atoms with E-state index in [1.807, 2.05) is 72.9 Å². The van der Waals surface area contributed by atoms with Crippen molar-refractivity contribution < 1.29 is 28.6 Å². The second-order valence-electron chi connectivity index (χ2n) is 19.0. The van der Waals surface area contributed by atoms with E-state index in [0.717, 1.165) is 70.6 Å². The van der Waals surface area contributed by atoms with E-state index in [-0.39, 0.29) is 37.5 Å². The maximum absolute atomic E-state index is 12.8. The highest BCUT2D eigenvalue weighted by atomic mass is 16.6. The molecule has 1 unspecified atom stereocenters. The van der Waals surface area contributed by atoms with Crippen LogP contribution in [0.5, 0.6) is 0 Å². The normalized spacial score (nSPS) is 13.0. The van der Waals surface area contributed by atoms with Gasteiger partial charge in [0.1, 0.15) is 13.2 Å². The van der Waals surface area contributed by atoms with Crippen LogP contribution in [0.25, 0.3) is 0 Å². The fourth-order valence-electron chi connectivity index (χ4n) is 7.80. The quantitative estimate of drug-likeness (QED) is 0.0199. The zero-order chi connectivity index (χ0) is 51.4. The Labute approximate surface area is 437 Å². The summed E-state index contributed by atoms with van der Waals surface area (Å²) in [6.45, 7) is 6.41. The predicted molar refractivity (Wildman–Crippen MR) is 306 cm³/mol. The van der Waals surface area contributed by atoms with E-state index < -0.39 is 6.10 Å². The number of ether oxygens (including phenoxy) is 3. The molecule has 0 spiro atoms. The van der Waals surface area contributed by atoms with Crippen LogP contribution in [0.3, 0.4) is 0 Å². The summed E-state index contributed by atoms with van der Waals surface area (Å²) in [7, 11) is 0. The topological polar surface area (TPSA) is 78.9 Å². The van der Waals surface area contributed by atoms with Crippen LogP contribution >= 0.6 is 0 Å². The molecule has 0 radical (unpaired) electrons. The molecule has 6 heteroatoms. The Morgan fingerprint density at radius 1 is 0.310 bits per heavy atom. The van der Waals surface area contributed by atoms with E-state index in [1.54, 1.807) is 0 Å². The Morgan fingerprint density at radius 2 is 0.620 bits per heavy atom. The number of rotatable bonds is 51. The molecule has 0 heterocycles. The number of hydrogen-bond acceptors (Lipinski definition) is 6. The Kier molecular flexibility index (Phi) is 54.9. The van der Waals surface area contributed by atoms with Crippen LogP contribution in [0.4, 0.5) is 0 Å². The number of esters is 3. The summed E-state index contributed by atoms with van der Waals surface area (Å²) in [6.07, 6.45) is 80.5. The number of carbonyl (C=O) groups is 3. The van der Waals surface area contributed by atoms with Crippen molar-refractivity contribution in [3.05, 3.63) is 122 Å². The monoisotopic (exact) mass is 983 g/mol. The molecular weight excluding hydrogens is 877 g/mol. The fraction of sp³-hybridized carbons (Fsp3) is 0.646. The lowest BCUT2D eigenvalue weighted by molar-refractivity contribution is -0.167. The molecule has 1 atom stereocenters. The summed E-state index contributed by atoms with van der Waals surface area (Å²) in [5.41, 5.74) is 0. The second-order valence-corrected chi connectivity index (χ2v) is 19.0. The Morgan fingerprint density at radius 3 is 1.04 bits per heavy atom. The highest BCUT2D eigenvalue weighted by molar-refractivity contribution is 5.71. The molecule has 0 amide bonds. The van der Waals surface area contributed by atoms with Gasteiger partial charge in [-0.15, -0.1) is 0 Å². The van der Waals surface area contributed by atoms with Crippen LogP contribution in [0.2, 0.25) is 0 Å². The van der Waals surface area contributed by atoms with Crippen LogP contribution in [-0.2, 0) is 28.6 Å². The van der Waals surface area contributed by atoms with Crippen molar-refractivity contribution in [2.45, 2.75) is 258 Å². The van der Waals surface area contributed by atoms with Crippen LogP contribution in [0.1, 0.15) is 252 Å². The molecule has 0 aromatic carbocycles. The Bertz CT molecular complexity index is 1500. The molecule has 71 heavy (non-hydrogen) atoms. The van der Waals surface area contributed by atoms with Crippen LogP contribution in [-0.4, -0.2) is 37.2 Å². The third-order valence-corrected chi connectivity index (χ3v) is 12.1. The number of unbranched alkanes of at least 4 members (excludes halogenated alkanes) is 26. The van der Waals surface area contributed by atoms with Gasteiger partial charge in [0.15, 0.2) is 6.10 Å². The summed E-state index contributed by atoms with van der Waals surface area (Å²) in [5, 5.41) is 0. The van der Waals surface area contributed by atoms with Gasteiger partial charge in [-0.2, -0.15) is 0 Å². The highest BCUT2D eigenvalue weighted by Crippen LogP contribution is 2.15. The predicted octanol–water partition coefficient (Wildman–Crippen LogP) is 19.6. The zero-order valence-electron chi connectivity index (χ0n) is 45.9. The first-order valence-electron chi connectivity index (χ1n) is 29.1. The lowest BCUT2D eigenvalue weighted by atomic mass is 10.0. The molecule has 6 nitrogen and oxygen atoms in total. The van der Waals surface area contributed by atoms with E-state index in [0.29, 0.717) is 19.3 Å². The lowest BCUT2D eigenvalue weighted by Crippen LogP contribution is -2.30. The van der Waals surface area contributed by atoms with Crippen LogP contribution in [0.15, 0.2) is 122 Å². The molecule has 0 saturated carbocycles. The third-order valence-electron chi connectivity index (χ3n) is 12.1. The third kappa shape index (κ3) is 56.6. The van der Waals surface area contributed by atoms with Gasteiger partial charge in [-0.25, -0.2) is 0 Å². The van der Waals surface area contributed by atoms with Crippen molar-refractivity contribution in [2.75, 3.05) is 13.2 Å². The van der Waals surface area contributed by atoms with Crippen molar-refractivity contribution >= 4 is 17.9 Å². The number of allylic oxidation sites excluding steroid dienone is 20. The molecule has 0 fully saturated rings. The largest absolute Gasteiger partial charge is 0.462 e. The maximum Gasteiger partial charge on any atom is 0.306 e. The smallest absolute Gasteiger partial charge is 0.306 e. The van der Waals surface area contributed by atoms with Crippen molar-refractivity contribution in [1.82, 2.24) is 0 Å². The molecule has 0 saturated heterocycles. The molecule has 0 aliphatic rings. The fourth-order valence-corrected chi connectivity index (χ4v) is 7.80. The maximum atomic E-state index is 12.8. The lowest BCUT2D eigenvalue weighted by Gasteiger charge is -2.18. The summed E-state index contributed by atoms with van der Waals surface area (Å²) in [6, 6.07) is 0. The second kappa shape index (κ2) is 58.4. The summed E-state index contributed by atoms with van der Waals surface area (Å²) in [5.74, 6) is -1.01. The van der Waals surface area contributed by atoms with Gasteiger partial charge in [0.2, 0.25) is 0 Å². The van der Waals surface area contributed by atoms with Gasteiger partial charge in [-0.3, -0.25) is 14.4 Å². The molecule has 0 bridgehead atoms. The minimum Gasteiger partial charge on any atom is -0.462 e. The van der Waals surface area contributed by atoms with E-state index in [4.69, 9.17) is 14.2 Å². The molecular formula is C65H106O6. The molecule has 0 aliphatic carbocycles. The molecule has 0 aromatic rings. The zero-order valence-corrected chi connectivity index (χ0v) is 45.9. The van der Waals surface area contributed by atoms with Crippen molar-refractivity contribution in [2.24, 2.45) is 0 Å². The Hall–Kier alpha value is -4.19. The SMILES string of the molecule is CC\C=C/C=C\C=C/C=C\C=C\C=C/C=C\CCCCCC(=O)OCC(COC(=O)CCCCCCCCCCCCCCCCCCC)OC(=O)CCC/C=C\C/C=C\C/C=C\CCCCCCCC. The standard InChI is InChI=1S/C65H106O6/c1-4-7-10-13-16-19-22-25-28-31-32-35-37-40-43-46-49-52-55-58-64(67)70-61-62(71-65(68)59-56-53-50-47-44-41-38-34-30-27-24-21-18-15-12-9-6-3)60-69-63(66)57-54-51-48-45-42-39-36-33-29-26-23-20-17-14-11-8-5-2/h7,10,13,16,19,22,25,27-28,30-32,35,37-38,40-41,43,47,50,62H,4-6,8-9,11-12,14-15,17-18,20-21,23-24,26,29,33-34,36,39,42,44-46,48-49,51-61H2,1-3H3/b10-7-,16-13-,22-19-,28-25-,30-27-,32-31+,37-35-,41-38-,43-40-,50-47-. The molecule has 0 aromatic heterocycles. The summed E-state index contributed by atoms with van der Waals surface area (Å²) >= 11 is 0. The van der Waals surface area contributed by atoms with Gasteiger partial charge in [-0.05, 0) is 70.6 Å². The first-order chi connectivity index (χ1) is 35.0. The summed E-state index contributed by atoms with van der Waals surface area (Å²) < 4.78 is 16.8. The average molecular weight is 984 g/mol. The Balaban J connectivity index is 4.56. The molecule has 0 aliphatic heterocycles. The molecule has 0 N–H and O–H groups in total. The van der Waals surface area contributed by atoms with Crippen LogP contribution in [0, 0.1) is 0 Å². The minimum atomic E-state index is -0.826. The number of carbonyl (C=O) groups excluding carboxylic acids is 3. The summed E-state index contributed by atoms with van der Waals surface area (Å²) in [4.78, 5) is 38.2. The van der Waals surface area contributed by atoms with Crippen molar-refractivity contribution in [3.8, 4) is 0 Å². The first kappa shape index (κ1) is 66.8. The van der Waals surface area contributed by atoms with Gasteiger partial charge >= 0.3 is 17.9 Å². The van der Waals surface area contributed by atoms with Gasteiger partial charge in [0.25, 0.3) is 0 Å². The van der Waals surface area contributed by atoms with E-state index in [9.17, 15) is 14.4 Å². The van der Waals surface area contributed by atoms with E-state index >= 15 is 0 Å². The molecule has 402 valence electrons. The highest BCUT2D eigenvalue weighted by Gasteiger charge is 2.19. The van der Waals surface area contributed by atoms with Gasteiger partial charge in [0.05, 0.1) is 0 Å². The van der Waals surface area contributed by atoms with Crippen molar-refractivity contribution in [3.63, 3.8) is 0 Å². The number of hydrogen-bond donors (Lipinski definition) is 0. The van der Waals surface area contributed by atoms with E-state index in [1.165, 1.54) is 135 Å². The van der Waals surface area contributed by atoms with Gasteiger partial charge < -0.3 is 14.2 Å². The average Bonchev–Trinajstić information content (AvgIpc) is 3.37. The van der Waals surface area contributed by atoms with Gasteiger partial charge in [0, 0.05) is 19.3 Å². The minimum absolute atomic E-state index is 0.114. The first-order valence-corrected chi connectivity index (χ1v) is 29.1. The van der Waals surface area contributed by atoms with E-state index in [2.05, 4.69) is 69.4 Å². The molecule has 0 rings (SSSR count).